The quantitative estimate of drug-likeness (QED) is 0.573. The fourth-order valence-corrected chi connectivity index (χ4v) is 3.49. The van der Waals surface area contributed by atoms with E-state index in [4.69, 9.17) is 9.47 Å². The van der Waals surface area contributed by atoms with Crippen LogP contribution in [0.4, 0.5) is 0 Å². The Balaban J connectivity index is 1.89. The molecule has 1 heterocycles. The van der Waals surface area contributed by atoms with Gasteiger partial charge in [0.05, 0.1) is 6.61 Å². The topological polar surface area (TPSA) is 85.5 Å². The van der Waals surface area contributed by atoms with Crippen LogP contribution in [0, 0.1) is 19.8 Å². The minimum atomic E-state index is -0.490. The molecule has 6 heteroatoms. The van der Waals surface area contributed by atoms with E-state index in [0.29, 0.717) is 29.2 Å². The number of hydrogen-bond donors (Lipinski definition) is 1. The van der Waals surface area contributed by atoms with E-state index in [9.17, 15) is 14.4 Å². The van der Waals surface area contributed by atoms with Crippen molar-refractivity contribution in [1.29, 1.82) is 0 Å². The normalized spacial score (nSPS) is 14.5. The van der Waals surface area contributed by atoms with Gasteiger partial charge in [0.15, 0.2) is 6.61 Å². The zero-order valence-corrected chi connectivity index (χ0v) is 15.3. The van der Waals surface area contributed by atoms with Crippen molar-refractivity contribution >= 4 is 17.7 Å². The van der Waals surface area contributed by atoms with Crippen molar-refractivity contribution in [2.75, 3.05) is 13.2 Å². The number of carbonyl (C=O) groups excluding carboxylic acids is 3. The van der Waals surface area contributed by atoms with E-state index in [0.717, 1.165) is 6.42 Å². The van der Waals surface area contributed by atoms with Crippen molar-refractivity contribution in [1.82, 2.24) is 4.98 Å². The predicted octanol–water partition coefficient (Wildman–Crippen LogP) is 3.50. The van der Waals surface area contributed by atoms with Crippen LogP contribution in [0.15, 0.2) is 0 Å². The largest absolute Gasteiger partial charge is 0.461 e. The Hall–Kier alpha value is -2.11. The first-order valence-electron chi connectivity index (χ1n) is 8.99. The molecule has 2 rings (SSSR count). The number of rotatable bonds is 8. The van der Waals surface area contributed by atoms with Crippen LogP contribution in [-0.4, -0.2) is 35.9 Å². The summed E-state index contributed by atoms with van der Waals surface area (Å²) in [5, 5.41) is 0. The second-order valence-electron chi connectivity index (χ2n) is 6.62. The van der Waals surface area contributed by atoms with Gasteiger partial charge in [0, 0.05) is 17.7 Å². The zero-order chi connectivity index (χ0) is 18.4. The SMILES string of the molecule is CCOC(=O)c1[nH]c(C)c(C(=O)COC(=O)CCC2CCCC2)c1C. The number of Topliss-reactive ketones (excluding diaryl/α,β-unsaturated/α-hetero) is 1. The highest BCUT2D eigenvalue weighted by molar-refractivity contribution is 6.03. The average molecular weight is 349 g/mol. The molecule has 1 N–H and O–H groups in total. The van der Waals surface area contributed by atoms with Crippen LogP contribution in [0.3, 0.4) is 0 Å². The number of H-pyrrole nitrogens is 1. The van der Waals surface area contributed by atoms with Gasteiger partial charge in [0.25, 0.3) is 0 Å². The number of esters is 2. The maximum Gasteiger partial charge on any atom is 0.355 e. The summed E-state index contributed by atoms with van der Waals surface area (Å²) in [6, 6.07) is 0. The average Bonchev–Trinajstić information content (AvgIpc) is 3.19. The lowest BCUT2D eigenvalue weighted by molar-refractivity contribution is -0.142. The number of aromatic nitrogens is 1. The van der Waals surface area contributed by atoms with Crippen LogP contribution < -0.4 is 0 Å². The molecule has 25 heavy (non-hydrogen) atoms. The minimum Gasteiger partial charge on any atom is -0.461 e. The fraction of sp³-hybridized carbons (Fsp3) is 0.632. The maximum absolute atomic E-state index is 12.4. The predicted molar refractivity (Wildman–Crippen MR) is 92.7 cm³/mol. The molecule has 0 bridgehead atoms. The first-order chi connectivity index (χ1) is 11.9. The van der Waals surface area contributed by atoms with E-state index in [1.165, 1.54) is 25.7 Å². The molecular formula is C19H27NO5. The van der Waals surface area contributed by atoms with Gasteiger partial charge in [0.1, 0.15) is 5.69 Å². The third kappa shape index (κ3) is 4.94. The lowest BCUT2D eigenvalue weighted by Crippen LogP contribution is -2.16. The Morgan fingerprint density at radius 1 is 1.12 bits per heavy atom. The van der Waals surface area contributed by atoms with Gasteiger partial charge in [-0.05, 0) is 38.7 Å². The highest BCUT2D eigenvalue weighted by Crippen LogP contribution is 2.28. The molecule has 0 atom stereocenters. The minimum absolute atomic E-state index is 0.262. The highest BCUT2D eigenvalue weighted by atomic mass is 16.5. The van der Waals surface area contributed by atoms with Crippen LogP contribution in [0.1, 0.15) is 77.6 Å². The molecule has 0 amide bonds. The molecule has 0 saturated heterocycles. The molecule has 1 aliphatic carbocycles. The van der Waals surface area contributed by atoms with Crippen LogP contribution in [-0.2, 0) is 14.3 Å². The third-order valence-corrected chi connectivity index (χ3v) is 4.79. The van der Waals surface area contributed by atoms with Gasteiger partial charge < -0.3 is 14.5 Å². The number of nitrogens with one attached hydrogen (secondary N) is 1. The summed E-state index contributed by atoms with van der Waals surface area (Å²) in [4.78, 5) is 39.0. The van der Waals surface area contributed by atoms with E-state index >= 15 is 0 Å². The fourth-order valence-electron chi connectivity index (χ4n) is 3.49. The number of ether oxygens (including phenoxy) is 2. The summed E-state index contributed by atoms with van der Waals surface area (Å²) < 4.78 is 10.1. The molecule has 1 aliphatic rings. The lowest BCUT2D eigenvalue weighted by Gasteiger charge is -2.08. The highest BCUT2D eigenvalue weighted by Gasteiger charge is 2.23. The first-order valence-corrected chi connectivity index (χ1v) is 8.99. The van der Waals surface area contributed by atoms with Gasteiger partial charge in [-0.1, -0.05) is 25.7 Å². The van der Waals surface area contributed by atoms with Gasteiger partial charge in [0.2, 0.25) is 5.78 Å². The van der Waals surface area contributed by atoms with E-state index in [2.05, 4.69) is 4.98 Å². The summed E-state index contributed by atoms with van der Waals surface area (Å²) >= 11 is 0. The number of aromatic amines is 1. The van der Waals surface area contributed by atoms with Gasteiger partial charge in [-0.15, -0.1) is 0 Å². The summed E-state index contributed by atoms with van der Waals surface area (Å²) in [7, 11) is 0. The van der Waals surface area contributed by atoms with Gasteiger partial charge in [-0.25, -0.2) is 4.79 Å². The Kier molecular flexibility index (Phi) is 6.79. The summed E-state index contributed by atoms with van der Waals surface area (Å²) in [6.45, 7) is 5.08. The van der Waals surface area contributed by atoms with Crippen LogP contribution in [0.25, 0.3) is 0 Å². The molecule has 0 aliphatic heterocycles. The van der Waals surface area contributed by atoms with E-state index in [1.807, 2.05) is 0 Å². The zero-order valence-electron chi connectivity index (χ0n) is 15.3. The molecule has 138 valence electrons. The van der Waals surface area contributed by atoms with Crippen molar-refractivity contribution in [2.24, 2.45) is 5.92 Å². The van der Waals surface area contributed by atoms with E-state index in [1.54, 1.807) is 20.8 Å². The Bertz CT molecular complexity index is 640. The van der Waals surface area contributed by atoms with Crippen molar-refractivity contribution in [3.05, 3.63) is 22.5 Å². The standard InChI is InChI=1S/C19H27NO5/c1-4-24-19(23)18-12(2)17(13(3)20-18)15(21)11-25-16(22)10-9-14-7-5-6-8-14/h14,20H,4-11H2,1-3H3. The van der Waals surface area contributed by atoms with Gasteiger partial charge >= 0.3 is 11.9 Å². The number of ketones is 1. The van der Waals surface area contributed by atoms with Gasteiger partial charge in [-0.2, -0.15) is 0 Å². The smallest absolute Gasteiger partial charge is 0.355 e. The second-order valence-corrected chi connectivity index (χ2v) is 6.62. The van der Waals surface area contributed by atoms with Crippen LogP contribution >= 0.6 is 0 Å². The molecule has 0 aromatic carbocycles. The molecular weight excluding hydrogens is 322 g/mol. The number of aryl methyl sites for hydroxylation is 1. The van der Waals surface area contributed by atoms with Gasteiger partial charge in [-0.3, -0.25) is 9.59 Å². The summed E-state index contributed by atoms with van der Waals surface area (Å²) in [5.41, 5.74) is 1.78. The van der Waals surface area contributed by atoms with E-state index in [-0.39, 0.29) is 30.7 Å². The molecule has 0 unspecified atom stereocenters. The summed E-state index contributed by atoms with van der Waals surface area (Å²) in [5.74, 6) is -0.520. The van der Waals surface area contributed by atoms with Crippen LogP contribution in [0.5, 0.6) is 0 Å². The summed E-state index contributed by atoms with van der Waals surface area (Å²) in [6.07, 6.45) is 6.05. The Morgan fingerprint density at radius 2 is 1.80 bits per heavy atom. The van der Waals surface area contributed by atoms with Crippen LogP contribution in [0.2, 0.25) is 0 Å². The molecule has 0 spiro atoms. The van der Waals surface area contributed by atoms with Crippen molar-refractivity contribution in [2.45, 2.75) is 59.3 Å². The molecule has 6 nitrogen and oxygen atoms in total. The monoisotopic (exact) mass is 349 g/mol. The van der Waals surface area contributed by atoms with Crippen molar-refractivity contribution in [3.8, 4) is 0 Å². The lowest BCUT2D eigenvalue weighted by atomic mass is 10.0. The molecule has 1 aromatic rings. The number of carbonyl (C=O) groups is 3. The van der Waals surface area contributed by atoms with Crippen molar-refractivity contribution in [3.63, 3.8) is 0 Å². The Labute approximate surface area is 148 Å². The first kappa shape index (κ1) is 19.2. The third-order valence-electron chi connectivity index (χ3n) is 4.79. The molecule has 0 radical (unpaired) electrons. The Morgan fingerprint density at radius 3 is 2.44 bits per heavy atom. The second kappa shape index (κ2) is 8.83. The molecule has 1 aromatic heterocycles. The number of hydrogen-bond acceptors (Lipinski definition) is 5. The van der Waals surface area contributed by atoms with Crippen molar-refractivity contribution < 1.29 is 23.9 Å². The molecule has 1 fully saturated rings. The van der Waals surface area contributed by atoms with E-state index < -0.39 is 5.97 Å². The molecule has 1 saturated carbocycles. The maximum atomic E-state index is 12.4.